The van der Waals surface area contributed by atoms with Gasteiger partial charge >= 0.3 is 0 Å². The number of benzene rings is 1. The number of nitrogens with zero attached hydrogens (tertiary/aromatic N) is 1. The molecule has 0 aliphatic carbocycles. The number of Topliss-reactive ketones (excluding diaryl/α,β-unsaturated/α-hetero) is 1. The predicted octanol–water partition coefficient (Wildman–Crippen LogP) is 3.28. The minimum absolute atomic E-state index is 0.268. The number of rotatable bonds is 3. The summed E-state index contributed by atoms with van der Waals surface area (Å²) in [6.07, 6.45) is 2.44. The lowest BCUT2D eigenvalue weighted by Crippen LogP contribution is -2.32. The lowest BCUT2D eigenvalue weighted by molar-refractivity contribution is 0.0925. The van der Waals surface area contributed by atoms with Gasteiger partial charge in [0.15, 0.2) is 5.78 Å². The van der Waals surface area contributed by atoms with Crippen LogP contribution in [0, 0.1) is 20.8 Å². The summed E-state index contributed by atoms with van der Waals surface area (Å²) in [6.45, 7) is 10.1. The van der Waals surface area contributed by atoms with Gasteiger partial charge < -0.3 is 0 Å². The monoisotopic (exact) mass is 245 g/mol. The van der Waals surface area contributed by atoms with Crippen molar-refractivity contribution in [1.29, 1.82) is 0 Å². The molecule has 2 rings (SSSR count). The van der Waals surface area contributed by atoms with Crippen molar-refractivity contribution in [2.45, 2.75) is 46.6 Å². The normalized spacial score (nSPS) is 20.3. The fourth-order valence-electron chi connectivity index (χ4n) is 2.76. The summed E-state index contributed by atoms with van der Waals surface area (Å²) in [5.74, 6) is 0.268. The molecule has 1 fully saturated rings. The third-order valence-electron chi connectivity index (χ3n) is 4.18. The smallest absolute Gasteiger partial charge is 0.177 e. The third kappa shape index (κ3) is 2.64. The van der Waals surface area contributed by atoms with Crippen LogP contribution in [-0.4, -0.2) is 29.8 Å². The van der Waals surface area contributed by atoms with Gasteiger partial charge in [-0.1, -0.05) is 6.07 Å². The van der Waals surface area contributed by atoms with Gasteiger partial charge in [0, 0.05) is 11.6 Å². The van der Waals surface area contributed by atoms with Crippen LogP contribution in [-0.2, 0) is 0 Å². The number of likely N-dealkylation sites (tertiary alicyclic amines) is 1. The van der Waals surface area contributed by atoms with Gasteiger partial charge in [-0.2, -0.15) is 0 Å². The summed E-state index contributed by atoms with van der Waals surface area (Å²) in [5.41, 5.74) is 4.48. The lowest BCUT2D eigenvalue weighted by atomic mass is 9.98. The largest absolute Gasteiger partial charge is 0.293 e. The van der Waals surface area contributed by atoms with Gasteiger partial charge in [0.05, 0.1) is 6.54 Å². The number of carbonyl (C=O) groups is 1. The predicted molar refractivity (Wildman–Crippen MR) is 75.3 cm³/mol. The molecule has 1 unspecified atom stereocenters. The van der Waals surface area contributed by atoms with Crippen LogP contribution in [0.2, 0.25) is 0 Å². The van der Waals surface area contributed by atoms with Crippen molar-refractivity contribution in [1.82, 2.24) is 4.90 Å². The Hall–Kier alpha value is -1.15. The van der Waals surface area contributed by atoms with Crippen LogP contribution in [0.25, 0.3) is 0 Å². The Morgan fingerprint density at radius 3 is 2.50 bits per heavy atom. The molecule has 2 heteroatoms. The van der Waals surface area contributed by atoms with E-state index in [0.29, 0.717) is 12.6 Å². The summed E-state index contributed by atoms with van der Waals surface area (Å²) in [6, 6.07) is 4.73. The maximum atomic E-state index is 12.4. The van der Waals surface area contributed by atoms with Crippen LogP contribution >= 0.6 is 0 Å². The van der Waals surface area contributed by atoms with E-state index in [1.807, 2.05) is 13.0 Å². The molecular formula is C16H23NO. The first-order valence-corrected chi connectivity index (χ1v) is 6.84. The molecule has 98 valence electrons. The van der Waals surface area contributed by atoms with Crippen molar-refractivity contribution < 1.29 is 4.79 Å². The Morgan fingerprint density at radius 2 is 1.89 bits per heavy atom. The first-order chi connectivity index (χ1) is 8.49. The van der Waals surface area contributed by atoms with Gasteiger partial charge in [0.1, 0.15) is 0 Å². The van der Waals surface area contributed by atoms with Gasteiger partial charge in [-0.15, -0.1) is 0 Å². The molecular weight excluding hydrogens is 222 g/mol. The second kappa shape index (κ2) is 5.23. The van der Waals surface area contributed by atoms with Crippen LogP contribution in [0.15, 0.2) is 12.1 Å². The second-order valence-corrected chi connectivity index (χ2v) is 5.64. The topological polar surface area (TPSA) is 20.3 Å². The molecule has 1 aromatic carbocycles. The Balaban J connectivity index is 2.16. The van der Waals surface area contributed by atoms with E-state index in [0.717, 1.165) is 17.7 Å². The molecule has 0 amide bonds. The van der Waals surface area contributed by atoms with Crippen molar-refractivity contribution in [3.05, 3.63) is 34.4 Å². The average molecular weight is 245 g/mol. The van der Waals surface area contributed by atoms with Gasteiger partial charge in [-0.25, -0.2) is 0 Å². The maximum absolute atomic E-state index is 12.4. The molecule has 0 aromatic heterocycles. The summed E-state index contributed by atoms with van der Waals surface area (Å²) < 4.78 is 0. The molecule has 0 bridgehead atoms. The Bertz CT molecular complexity index is 464. The number of ketones is 1. The second-order valence-electron chi connectivity index (χ2n) is 5.64. The highest BCUT2D eigenvalue weighted by molar-refractivity contribution is 5.99. The molecule has 1 aliphatic heterocycles. The minimum atomic E-state index is 0.268. The van der Waals surface area contributed by atoms with Crippen LogP contribution in [0.5, 0.6) is 0 Å². The molecule has 1 aromatic rings. The zero-order valence-electron chi connectivity index (χ0n) is 11.9. The van der Waals surface area contributed by atoms with Crippen LogP contribution < -0.4 is 0 Å². The van der Waals surface area contributed by atoms with Gasteiger partial charge in [-0.3, -0.25) is 9.69 Å². The molecule has 1 aliphatic rings. The number of aryl methyl sites for hydroxylation is 3. The zero-order chi connectivity index (χ0) is 13.3. The highest BCUT2D eigenvalue weighted by Gasteiger charge is 2.23. The summed E-state index contributed by atoms with van der Waals surface area (Å²) in [7, 11) is 0. The molecule has 0 N–H and O–H groups in total. The van der Waals surface area contributed by atoms with Crippen molar-refractivity contribution >= 4 is 5.78 Å². The summed E-state index contributed by atoms with van der Waals surface area (Å²) >= 11 is 0. The van der Waals surface area contributed by atoms with Gasteiger partial charge in [0.25, 0.3) is 0 Å². The molecule has 2 nitrogen and oxygen atoms in total. The summed E-state index contributed by atoms with van der Waals surface area (Å²) in [5, 5.41) is 0. The van der Waals surface area contributed by atoms with Crippen molar-refractivity contribution in [3.8, 4) is 0 Å². The molecule has 1 saturated heterocycles. The minimum Gasteiger partial charge on any atom is -0.293 e. The lowest BCUT2D eigenvalue weighted by Gasteiger charge is -2.20. The van der Waals surface area contributed by atoms with E-state index in [1.165, 1.54) is 24.0 Å². The van der Waals surface area contributed by atoms with Crippen molar-refractivity contribution in [2.75, 3.05) is 13.1 Å². The fourth-order valence-corrected chi connectivity index (χ4v) is 2.76. The summed E-state index contributed by atoms with van der Waals surface area (Å²) in [4.78, 5) is 14.7. The molecule has 0 radical (unpaired) electrons. The van der Waals surface area contributed by atoms with Gasteiger partial charge in [-0.05, 0) is 69.8 Å². The third-order valence-corrected chi connectivity index (χ3v) is 4.18. The highest BCUT2D eigenvalue weighted by atomic mass is 16.1. The van der Waals surface area contributed by atoms with E-state index >= 15 is 0 Å². The van der Waals surface area contributed by atoms with E-state index in [1.54, 1.807) is 0 Å². The van der Waals surface area contributed by atoms with Gasteiger partial charge in [0.2, 0.25) is 0 Å². The molecule has 1 atom stereocenters. The van der Waals surface area contributed by atoms with Crippen LogP contribution in [0.3, 0.4) is 0 Å². The molecule has 1 heterocycles. The SMILES string of the molecule is Cc1cc(C)c(C(=O)CN2CCCC2C)cc1C. The van der Waals surface area contributed by atoms with E-state index in [4.69, 9.17) is 0 Å². The van der Waals surface area contributed by atoms with E-state index < -0.39 is 0 Å². The van der Waals surface area contributed by atoms with Crippen LogP contribution in [0.4, 0.5) is 0 Å². The Labute approximate surface area is 110 Å². The zero-order valence-corrected chi connectivity index (χ0v) is 11.9. The standard InChI is InChI=1S/C16H23NO/c1-11-8-13(3)15(9-12(11)2)16(18)10-17-7-5-6-14(17)4/h8-9,14H,5-7,10H2,1-4H3. The first kappa shape index (κ1) is 13.3. The van der Waals surface area contributed by atoms with E-state index in [2.05, 4.69) is 31.7 Å². The van der Waals surface area contributed by atoms with Crippen molar-refractivity contribution in [2.24, 2.45) is 0 Å². The quantitative estimate of drug-likeness (QED) is 0.762. The first-order valence-electron chi connectivity index (χ1n) is 6.84. The van der Waals surface area contributed by atoms with E-state index in [-0.39, 0.29) is 5.78 Å². The number of hydrogen-bond donors (Lipinski definition) is 0. The number of hydrogen-bond acceptors (Lipinski definition) is 2. The average Bonchev–Trinajstić information content (AvgIpc) is 2.69. The molecule has 18 heavy (non-hydrogen) atoms. The van der Waals surface area contributed by atoms with Crippen molar-refractivity contribution in [3.63, 3.8) is 0 Å². The fraction of sp³-hybridized carbons (Fsp3) is 0.562. The van der Waals surface area contributed by atoms with Crippen LogP contribution in [0.1, 0.15) is 46.8 Å². The molecule has 0 saturated carbocycles. The van der Waals surface area contributed by atoms with E-state index in [9.17, 15) is 4.79 Å². The Morgan fingerprint density at radius 1 is 1.22 bits per heavy atom. The molecule has 0 spiro atoms. The number of carbonyl (C=O) groups excluding carboxylic acids is 1. The maximum Gasteiger partial charge on any atom is 0.177 e. The highest BCUT2D eigenvalue weighted by Crippen LogP contribution is 2.19. The Kier molecular flexibility index (Phi) is 3.86.